The van der Waals surface area contributed by atoms with E-state index in [1.807, 2.05) is 30.3 Å². The first kappa shape index (κ1) is 16.9. The predicted molar refractivity (Wildman–Crippen MR) is 92.5 cm³/mol. The van der Waals surface area contributed by atoms with Crippen LogP contribution >= 0.6 is 11.3 Å². The molecule has 0 aliphatic carbocycles. The number of nitrogens with two attached hydrogens (primary N) is 1. The number of amides is 2. The maximum absolute atomic E-state index is 12.1. The predicted octanol–water partition coefficient (Wildman–Crippen LogP) is 3.04. The van der Waals surface area contributed by atoms with E-state index in [2.05, 4.69) is 11.9 Å². The molecule has 0 aliphatic rings. The first-order valence-electron chi connectivity index (χ1n) is 7.05. The molecule has 23 heavy (non-hydrogen) atoms. The topological polar surface area (TPSA) is 81.4 Å². The van der Waals surface area contributed by atoms with Crippen molar-refractivity contribution in [2.75, 3.05) is 11.9 Å². The van der Waals surface area contributed by atoms with E-state index in [0.717, 1.165) is 10.4 Å². The maximum atomic E-state index is 12.1. The number of thiophene rings is 1. The van der Waals surface area contributed by atoms with E-state index in [0.29, 0.717) is 5.00 Å². The normalized spacial score (nSPS) is 11.7. The van der Waals surface area contributed by atoms with Crippen LogP contribution in [0.2, 0.25) is 0 Å². The van der Waals surface area contributed by atoms with E-state index in [4.69, 9.17) is 10.5 Å². The van der Waals surface area contributed by atoms with Crippen molar-refractivity contribution >= 4 is 28.2 Å². The average Bonchev–Trinajstić information content (AvgIpc) is 2.97. The molecular formula is C17H18N2O3S. The minimum absolute atomic E-state index is 0.275. The molecule has 2 rings (SSSR count). The van der Waals surface area contributed by atoms with Crippen molar-refractivity contribution in [3.63, 3.8) is 0 Å². The molecule has 6 heteroatoms. The summed E-state index contributed by atoms with van der Waals surface area (Å²) in [4.78, 5) is 24.6. The number of hydrogen-bond acceptors (Lipinski definition) is 4. The monoisotopic (exact) mass is 330 g/mol. The zero-order valence-corrected chi connectivity index (χ0v) is 13.6. The van der Waals surface area contributed by atoms with E-state index in [9.17, 15) is 9.59 Å². The van der Waals surface area contributed by atoms with E-state index in [1.54, 1.807) is 19.1 Å². The molecule has 0 bridgehead atoms. The van der Waals surface area contributed by atoms with Gasteiger partial charge >= 0.3 is 0 Å². The van der Waals surface area contributed by atoms with Crippen LogP contribution in [0.1, 0.15) is 17.3 Å². The van der Waals surface area contributed by atoms with Crippen molar-refractivity contribution in [1.29, 1.82) is 0 Å². The van der Waals surface area contributed by atoms with Gasteiger partial charge in [0.1, 0.15) is 11.1 Å². The summed E-state index contributed by atoms with van der Waals surface area (Å²) in [6.07, 6.45) is 0.910. The summed E-state index contributed by atoms with van der Waals surface area (Å²) in [5.74, 6) is -0.922. The fraction of sp³-hybridized carbons (Fsp3) is 0.176. The van der Waals surface area contributed by atoms with Crippen molar-refractivity contribution in [1.82, 2.24) is 0 Å². The molecule has 0 saturated carbocycles. The van der Waals surface area contributed by atoms with Crippen LogP contribution in [-0.2, 0) is 9.53 Å². The van der Waals surface area contributed by atoms with Gasteiger partial charge in [0.25, 0.3) is 11.8 Å². The van der Waals surface area contributed by atoms with Gasteiger partial charge in [0.15, 0.2) is 0 Å². The van der Waals surface area contributed by atoms with Gasteiger partial charge in [-0.15, -0.1) is 17.9 Å². The summed E-state index contributed by atoms with van der Waals surface area (Å²) in [5.41, 5.74) is 6.65. The lowest BCUT2D eigenvalue weighted by molar-refractivity contribution is -0.125. The minimum atomic E-state index is -0.656. The van der Waals surface area contributed by atoms with Crippen LogP contribution in [0.25, 0.3) is 10.4 Å². The molecule has 0 aliphatic heterocycles. The van der Waals surface area contributed by atoms with Gasteiger partial charge in [0.2, 0.25) is 0 Å². The van der Waals surface area contributed by atoms with Crippen LogP contribution in [0, 0.1) is 0 Å². The first-order chi connectivity index (χ1) is 11.0. The number of nitrogens with one attached hydrogen (secondary N) is 1. The van der Waals surface area contributed by atoms with Gasteiger partial charge in [0, 0.05) is 4.88 Å². The number of rotatable bonds is 7. The van der Waals surface area contributed by atoms with Crippen LogP contribution < -0.4 is 11.1 Å². The maximum Gasteiger partial charge on any atom is 0.253 e. The molecule has 1 heterocycles. The zero-order chi connectivity index (χ0) is 16.8. The fourth-order valence-electron chi connectivity index (χ4n) is 1.91. The Morgan fingerprint density at radius 2 is 2.09 bits per heavy atom. The third-order valence-electron chi connectivity index (χ3n) is 3.13. The van der Waals surface area contributed by atoms with Crippen molar-refractivity contribution in [3.8, 4) is 10.4 Å². The van der Waals surface area contributed by atoms with Crippen LogP contribution in [-0.4, -0.2) is 24.5 Å². The molecule has 0 saturated heterocycles. The SMILES string of the molecule is C=CCO[C@@H](C)C(=O)Nc1sc(-c2ccccc2)cc1C(N)=O. The summed E-state index contributed by atoms with van der Waals surface area (Å²) in [6, 6.07) is 11.3. The van der Waals surface area contributed by atoms with Gasteiger partial charge < -0.3 is 15.8 Å². The van der Waals surface area contributed by atoms with E-state index < -0.39 is 12.0 Å². The Morgan fingerprint density at radius 1 is 1.39 bits per heavy atom. The highest BCUT2D eigenvalue weighted by molar-refractivity contribution is 7.20. The highest BCUT2D eigenvalue weighted by Gasteiger charge is 2.19. The highest BCUT2D eigenvalue weighted by Crippen LogP contribution is 2.35. The molecule has 2 aromatic rings. The fourth-order valence-corrected chi connectivity index (χ4v) is 2.98. The van der Waals surface area contributed by atoms with Crippen LogP contribution in [0.3, 0.4) is 0 Å². The third-order valence-corrected chi connectivity index (χ3v) is 4.23. The lowest BCUT2D eigenvalue weighted by Gasteiger charge is -2.11. The number of carbonyl (C=O) groups is 2. The Kier molecular flexibility index (Phi) is 5.67. The molecule has 0 radical (unpaired) electrons. The number of primary amides is 1. The Labute approximate surface area is 138 Å². The molecule has 5 nitrogen and oxygen atoms in total. The van der Waals surface area contributed by atoms with Crippen molar-refractivity contribution in [3.05, 3.63) is 54.6 Å². The van der Waals surface area contributed by atoms with E-state index >= 15 is 0 Å². The molecular weight excluding hydrogens is 312 g/mol. The second-order valence-corrected chi connectivity index (χ2v) is 5.89. The third kappa shape index (κ3) is 4.28. The van der Waals surface area contributed by atoms with Crippen molar-refractivity contribution in [2.24, 2.45) is 5.73 Å². The van der Waals surface area contributed by atoms with Crippen molar-refractivity contribution in [2.45, 2.75) is 13.0 Å². The standard InChI is InChI=1S/C17H18N2O3S/c1-3-9-22-11(2)16(21)19-17-13(15(18)20)10-14(23-17)12-7-5-4-6-8-12/h3-8,10-11H,1,9H2,2H3,(H2,18,20)(H,19,21)/t11-/m0/s1. The molecule has 0 fully saturated rings. The Bertz CT molecular complexity index is 710. The molecule has 2 amide bonds. The molecule has 0 spiro atoms. The molecule has 120 valence electrons. The van der Waals surface area contributed by atoms with Crippen LogP contribution in [0.15, 0.2) is 49.1 Å². The second kappa shape index (κ2) is 7.71. The molecule has 1 aromatic carbocycles. The van der Waals surface area contributed by atoms with Gasteiger partial charge in [0.05, 0.1) is 12.2 Å². The zero-order valence-electron chi connectivity index (χ0n) is 12.7. The van der Waals surface area contributed by atoms with Gasteiger partial charge in [-0.2, -0.15) is 0 Å². The minimum Gasteiger partial charge on any atom is -0.366 e. The van der Waals surface area contributed by atoms with E-state index in [1.165, 1.54) is 11.3 Å². The smallest absolute Gasteiger partial charge is 0.253 e. The quantitative estimate of drug-likeness (QED) is 0.766. The first-order valence-corrected chi connectivity index (χ1v) is 7.87. The molecule has 1 atom stereocenters. The van der Waals surface area contributed by atoms with Crippen LogP contribution in [0.5, 0.6) is 0 Å². The summed E-state index contributed by atoms with van der Waals surface area (Å²) in [5, 5.41) is 3.14. The summed E-state index contributed by atoms with van der Waals surface area (Å²) >= 11 is 1.30. The largest absolute Gasteiger partial charge is 0.366 e. The number of benzene rings is 1. The lowest BCUT2D eigenvalue weighted by atomic mass is 10.1. The number of ether oxygens (including phenoxy) is 1. The van der Waals surface area contributed by atoms with Gasteiger partial charge in [-0.1, -0.05) is 36.4 Å². The molecule has 1 aromatic heterocycles. The van der Waals surface area contributed by atoms with Crippen LogP contribution in [0.4, 0.5) is 5.00 Å². The Morgan fingerprint density at radius 3 is 2.70 bits per heavy atom. The Balaban J connectivity index is 2.24. The Hall–Kier alpha value is -2.44. The van der Waals surface area contributed by atoms with E-state index in [-0.39, 0.29) is 18.1 Å². The summed E-state index contributed by atoms with van der Waals surface area (Å²) in [7, 11) is 0. The van der Waals surface area contributed by atoms with Gasteiger partial charge in [-0.25, -0.2) is 0 Å². The van der Waals surface area contributed by atoms with Crippen molar-refractivity contribution < 1.29 is 14.3 Å². The lowest BCUT2D eigenvalue weighted by Crippen LogP contribution is -2.28. The summed E-state index contributed by atoms with van der Waals surface area (Å²) < 4.78 is 5.28. The highest BCUT2D eigenvalue weighted by atomic mass is 32.1. The number of hydrogen-bond donors (Lipinski definition) is 2. The molecule has 0 unspecified atom stereocenters. The average molecular weight is 330 g/mol. The molecule has 3 N–H and O–H groups in total. The van der Waals surface area contributed by atoms with Gasteiger partial charge in [-0.05, 0) is 18.6 Å². The van der Waals surface area contributed by atoms with Gasteiger partial charge in [-0.3, -0.25) is 9.59 Å². The summed E-state index contributed by atoms with van der Waals surface area (Å²) in [6.45, 7) is 5.44. The second-order valence-electron chi connectivity index (χ2n) is 4.84. The number of anilines is 1. The number of carbonyl (C=O) groups excluding carboxylic acids is 2.